The van der Waals surface area contributed by atoms with Gasteiger partial charge in [-0.2, -0.15) is 0 Å². The molecular weight excluding hydrogens is 325 g/mol. The molecule has 2 N–H and O–H groups in total. The van der Waals surface area contributed by atoms with Crippen LogP contribution in [0.3, 0.4) is 0 Å². The van der Waals surface area contributed by atoms with Crippen molar-refractivity contribution in [3.63, 3.8) is 0 Å². The number of nitrogens with one attached hydrogen (secondary N) is 1. The first-order valence-corrected chi connectivity index (χ1v) is 7.33. The van der Waals surface area contributed by atoms with Crippen LogP contribution in [-0.4, -0.2) is 44.9 Å². The second-order valence-corrected chi connectivity index (χ2v) is 4.87. The minimum atomic E-state index is -0.800. The zero-order valence-corrected chi connectivity index (χ0v) is 16.7. The van der Waals surface area contributed by atoms with Crippen molar-refractivity contribution in [2.24, 2.45) is 0 Å². The van der Waals surface area contributed by atoms with Gasteiger partial charge in [0.1, 0.15) is 0 Å². The molecule has 0 aliphatic rings. The van der Waals surface area contributed by atoms with Gasteiger partial charge < -0.3 is 24.6 Å². The maximum absolute atomic E-state index is 12.2. The average Bonchev–Trinajstić information content (AvgIpc) is 2.55. The quantitative estimate of drug-likeness (QED) is 0.420. The van der Waals surface area contributed by atoms with Crippen molar-refractivity contribution in [3.8, 4) is 17.2 Å². The van der Waals surface area contributed by atoms with Crippen LogP contribution >= 0.6 is 0 Å². The first-order chi connectivity index (χ1) is 11.0. The van der Waals surface area contributed by atoms with Crippen molar-refractivity contribution in [1.82, 2.24) is 5.32 Å². The molecule has 128 valence electrons. The van der Waals surface area contributed by atoms with Gasteiger partial charge in [0.15, 0.2) is 11.5 Å². The third-order valence-corrected chi connectivity index (χ3v) is 3.28. The monoisotopic (exact) mass is 348 g/mol. The van der Waals surface area contributed by atoms with Crippen LogP contribution in [0.25, 0.3) is 0 Å². The molecule has 0 radical (unpaired) electrons. The summed E-state index contributed by atoms with van der Waals surface area (Å²) in [5.74, 6) is 0.214. The van der Waals surface area contributed by atoms with Crippen LogP contribution < -0.4 is 49.1 Å². The zero-order valence-electron chi connectivity index (χ0n) is 14.7. The Kier molecular flexibility index (Phi) is 11.3. The van der Waals surface area contributed by atoms with E-state index in [1.165, 1.54) is 21.3 Å². The van der Waals surface area contributed by atoms with Gasteiger partial charge in [-0.05, 0) is 25.0 Å². The van der Waals surface area contributed by atoms with E-state index in [4.69, 9.17) is 19.3 Å². The van der Waals surface area contributed by atoms with Gasteiger partial charge in [0, 0.05) is 18.5 Å². The third-order valence-electron chi connectivity index (χ3n) is 3.28. The fourth-order valence-electron chi connectivity index (χ4n) is 2.09. The van der Waals surface area contributed by atoms with Crippen LogP contribution in [0, 0.1) is 0 Å². The van der Waals surface area contributed by atoms with Crippen LogP contribution in [0.5, 0.6) is 17.2 Å². The van der Waals surface area contributed by atoms with E-state index in [-0.39, 0.29) is 41.9 Å². The van der Waals surface area contributed by atoms with E-state index in [1.54, 1.807) is 12.1 Å². The first kappa shape index (κ1) is 22.6. The number of benzene rings is 1. The molecule has 0 atom stereocenters. The Morgan fingerprint density at radius 2 is 1.58 bits per heavy atom. The Labute approximate surface area is 164 Å². The number of unbranched alkanes of at least 4 members (excludes halogenated alkanes) is 2. The summed E-state index contributed by atoms with van der Waals surface area (Å²) in [4.78, 5) is 22.6. The topological polar surface area (TPSA) is 94.1 Å². The smallest absolute Gasteiger partial charge is 0.493 e. The van der Waals surface area contributed by atoms with Crippen molar-refractivity contribution >= 4 is 11.9 Å². The Morgan fingerprint density at radius 1 is 1.00 bits per heavy atom. The van der Waals surface area contributed by atoms with Crippen molar-refractivity contribution in [3.05, 3.63) is 17.7 Å². The van der Waals surface area contributed by atoms with Crippen LogP contribution in [-0.2, 0) is 4.79 Å². The summed E-state index contributed by atoms with van der Waals surface area (Å²) in [6.07, 6.45) is 2.24. The number of hydrogen-bond acceptors (Lipinski definition) is 5. The fraction of sp³-hybridized carbons (Fsp3) is 0.500. The minimum absolute atomic E-state index is 0. The molecule has 0 aromatic heterocycles. The molecule has 0 spiro atoms. The van der Waals surface area contributed by atoms with E-state index in [0.717, 1.165) is 12.8 Å². The molecule has 0 aliphatic heterocycles. The molecule has 0 heterocycles. The molecule has 0 saturated carbocycles. The molecule has 24 heavy (non-hydrogen) atoms. The number of amides is 1. The van der Waals surface area contributed by atoms with Crippen LogP contribution in [0.4, 0.5) is 0 Å². The summed E-state index contributed by atoms with van der Waals surface area (Å²) in [7, 11) is 4.47. The molecular formula is C16H23NNaO6+. The Bertz CT molecular complexity index is 524. The molecule has 0 bridgehead atoms. The van der Waals surface area contributed by atoms with Gasteiger partial charge in [0.2, 0.25) is 5.75 Å². The SMILES string of the molecule is COc1cc(C(=O)NCCCCCC(=O)O)cc(OC)c1OC.[Na+]. The van der Waals surface area contributed by atoms with Gasteiger partial charge in [0.25, 0.3) is 5.91 Å². The van der Waals surface area contributed by atoms with E-state index < -0.39 is 5.97 Å². The molecule has 0 saturated heterocycles. The first-order valence-electron chi connectivity index (χ1n) is 7.33. The number of carboxylic acid groups (broad SMARTS) is 1. The molecule has 7 nitrogen and oxygen atoms in total. The van der Waals surface area contributed by atoms with Gasteiger partial charge in [0.05, 0.1) is 21.3 Å². The van der Waals surface area contributed by atoms with Gasteiger partial charge in [-0.1, -0.05) is 6.42 Å². The molecule has 1 aromatic rings. The Balaban J connectivity index is 0.00000529. The standard InChI is InChI=1S/C16H23NO6.Na/c1-21-12-9-11(10-13(22-2)15(12)23-3)16(20)17-8-6-4-5-7-14(18)19;/h9-10H,4-8H2,1-3H3,(H,17,20)(H,18,19);/q;+1. The molecule has 0 aliphatic carbocycles. The van der Waals surface area contributed by atoms with Gasteiger partial charge in [-0.3, -0.25) is 9.59 Å². The summed E-state index contributed by atoms with van der Waals surface area (Å²) in [6.45, 7) is 0.481. The summed E-state index contributed by atoms with van der Waals surface area (Å²) < 4.78 is 15.6. The Morgan fingerprint density at radius 3 is 2.04 bits per heavy atom. The maximum atomic E-state index is 12.2. The van der Waals surface area contributed by atoms with Gasteiger partial charge >= 0.3 is 35.5 Å². The second-order valence-electron chi connectivity index (χ2n) is 4.87. The summed E-state index contributed by atoms with van der Waals surface area (Å²) in [6, 6.07) is 3.17. The van der Waals surface area contributed by atoms with Crippen LogP contribution in [0.15, 0.2) is 12.1 Å². The Hall–Kier alpha value is -1.44. The normalized spacial score (nSPS) is 9.62. The number of ether oxygens (including phenoxy) is 3. The van der Waals surface area contributed by atoms with Crippen molar-refractivity contribution in [1.29, 1.82) is 0 Å². The number of carbonyl (C=O) groups is 2. The molecule has 8 heteroatoms. The molecule has 0 fully saturated rings. The molecule has 1 rings (SSSR count). The zero-order chi connectivity index (χ0) is 17.2. The second kappa shape index (κ2) is 12.0. The number of methoxy groups -OCH3 is 3. The summed E-state index contributed by atoms with van der Waals surface area (Å²) in [5, 5.41) is 11.3. The predicted octanol–water partition coefficient (Wildman–Crippen LogP) is -0.909. The molecule has 0 unspecified atom stereocenters. The molecule has 1 amide bonds. The van der Waals surface area contributed by atoms with Crippen molar-refractivity contribution in [2.75, 3.05) is 27.9 Å². The van der Waals surface area contributed by atoms with Crippen LogP contribution in [0.2, 0.25) is 0 Å². The average molecular weight is 348 g/mol. The predicted molar refractivity (Wildman–Crippen MR) is 84.5 cm³/mol. The largest absolute Gasteiger partial charge is 1.00 e. The summed E-state index contributed by atoms with van der Waals surface area (Å²) in [5.41, 5.74) is 0.407. The number of carboxylic acids is 1. The number of rotatable bonds is 10. The van der Waals surface area contributed by atoms with E-state index in [2.05, 4.69) is 5.32 Å². The van der Waals surface area contributed by atoms with Crippen molar-refractivity contribution < 1.29 is 58.5 Å². The van der Waals surface area contributed by atoms with Gasteiger partial charge in [-0.15, -0.1) is 0 Å². The van der Waals surface area contributed by atoms with E-state index in [0.29, 0.717) is 35.8 Å². The van der Waals surface area contributed by atoms with E-state index in [1.807, 2.05) is 0 Å². The fourth-order valence-corrected chi connectivity index (χ4v) is 2.09. The summed E-state index contributed by atoms with van der Waals surface area (Å²) >= 11 is 0. The van der Waals surface area contributed by atoms with E-state index in [9.17, 15) is 9.59 Å². The molecule has 1 aromatic carbocycles. The maximum Gasteiger partial charge on any atom is 1.00 e. The van der Waals surface area contributed by atoms with Crippen LogP contribution in [0.1, 0.15) is 36.0 Å². The van der Waals surface area contributed by atoms with Crippen molar-refractivity contribution in [2.45, 2.75) is 25.7 Å². The minimum Gasteiger partial charge on any atom is -0.493 e. The third kappa shape index (κ3) is 6.98. The van der Waals surface area contributed by atoms with Gasteiger partial charge in [-0.25, -0.2) is 0 Å². The number of carbonyl (C=O) groups excluding carboxylic acids is 1. The number of aliphatic carboxylic acids is 1. The van der Waals surface area contributed by atoms with E-state index >= 15 is 0 Å². The number of hydrogen-bond donors (Lipinski definition) is 2.